The zero-order valence-corrected chi connectivity index (χ0v) is 16.0. The minimum Gasteiger partial charge on any atom is -0.497 e. The van der Waals surface area contributed by atoms with Crippen LogP contribution in [0.4, 0.5) is 18.0 Å². The second-order valence-corrected chi connectivity index (χ2v) is 6.63. The number of alkyl halides is 3. The maximum atomic E-state index is 14.0. The summed E-state index contributed by atoms with van der Waals surface area (Å²) in [6.07, 6.45) is -5.29. The Balaban J connectivity index is 1.96. The highest BCUT2D eigenvalue weighted by Gasteiger charge is 2.69. The third kappa shape index (κ3) is 3.56. The van der Waals surface area contributed by atoms with Crippen LogP contribution >= 0.6 is 0 Å². The molecule has 2 atom stereocenters. The Hall–Kier alpha value is -3.56. The predicted octanol–water partition coefficient (Wildman–Crippen LogP) is 3.00. The van der Waals surface area contributed by atoms with Gasteiger partial charge in [0.05, 0.1) is 13.2 Å². The molecule has 3 rings (SSSR count). The van der Waals surface area contributed by atoms with E-state index in [1.165, 1.54) is 38.3 Å². The van der Waals surface area contributed by atoms with Crippen LogP contribution in [-0.4, -0.2) is 41.7 Å². The van der Waals surface area contributed by atoms with Crippen LogP contribution in [0, 0.1) is 0 Å². The average Bonchev–Trinajstić information content (AvgIpc) is 2.98. The summed E-state index contributed by atoms with van der Waals surface area (Å²) in [5.41, 5.74) is -3.31. The summed E-state index contributed by atoms with van der Waals surface area (Å²) < 4.78 is 47.0. The van der Waals surface area contributed by atoms with Gasteiger partial charge in [-0.2, -0.15) is 13.2 Å². The van der Waals surface area contributed by atoms with E-state index in [1.807, 2.05) is 0 Å². The first-order valence-corrected chi connectivity index (χ1v) is 8.85. The van der Waals surface area contributed by atoms with Crippen LogP contribution in [0.25, 0.3) is 0 Å². The molecule has 30 heavy (non-hydrogen) atoms. The van der Waals surface area contributed by atoms with E-state index in [4.69, 9.17) is 4.74 Å². The third-order valence-electron chi connectivity index (χ3n) is 4.78. The average molecular weight is 421 g/mol. The highest BCUT2D eigenvalue weighted by Crippen LogP contribution is 2.37. The minimum atomic E-state index is -5.29. The van der Waals surface area contributed by atoms with E-state index in [0.29, 0.717) is 10.5 Å². The van der Waals surface area contributed by atoms with Crippen molar-refractivity contribution in [2.75, 3.05) is 7.11 Å². The van der Waals surface area contributed by atoms with Crippen molar-refractivity contribution in [3.05, 3.63) is 65.7 Å². The number of benzene rings is 2. The van der Waals surface area contributed by atoms with Crippen LogP contribution in [0.2, 0.25) is 0 Å². The topological polar surface area (TPSA) is 87.7 Å². The molecule has 1 saturated heterocycles. The quantitative estimate of drug-likeness (QED) is 0.727. The third-order valence-corrected chi connectivity index (χ3v) is 4.78. The Bertz CT molecular complexity index is 981. The monoisotopic (exact) mass is 421 g/mol. The SMILES string of the molecule is COc1cccc(C(=O)N[C@]2(C(F)(F)F)NC(=O)N([C@H](C)c3ccccc3)C2=O)c1. The number of hydrogen-bond acceptors (Lipinski definition) is 4. The lowest BCUT2D eigenvalue weighted by atomic mass is 10.0. The van der Waals surface area contributed by atoms with E-state index in [0.717, 1.165) is 0 Å². The van der Waals surface area contributed by atoms with E-state index >= 15 is 0 Å². The fourth-order valence-corrected chi connectivity index (χ4v) is 3.13. The van der Waals surface area contributed by atoms with Crippen LogP contribution < -0.4 is 15.4 Å². The number of ether oxygens (including phenoxy) is 1. The summed E-state index contributed by atoms with van der Waals surface area (Å²) in [5.74, 6) is -2.58. The molecule has 0 radical (unpaired) electrons. The summed E-state index contributed by atoms with van der Waals surface area (Å²) >= 11 is 0. The van der Waals surface area contributed by atoms with Crippen LogP contribution in [0.1, 0.15) is 28.9 Å². The number of carbonyl (C=O) groups is 3. The molecule has 0 spiro atoms. The number of nitrogens with one attached hydrogen (secondary N) is 2. The molecule has 1 fully saturated rings. The molecule has 1 aliphatic heterocycles. The Morgan fingerprint density at radius 1 is 1.13 bits per heavy atom. The van der Waals surface area contributed by atoms with Crippen molar-refractivity contribution in [2.45, 2.75) is 24.8 Å². The number of nitrogens with zero attached hydrogens (tertiary/aromatic N) is 1. The molecule has 10 heteroatoms. The van der Waals surface area contributed by atoms with Crippen molar-refractivity contribution in [3.63, 3.8) is 0 Å². The number of methoxy groups -OCH3 is 1. The van der Waals surface area contributed by atoms with Gasteiger partial charge in [0.1, 0.15) is 5.75 Å². The standard InChI is InChI=1S/C20H18F3N3O4/c1-12(13-7-4-3-5-8-13)26-17(28)19(20(21,22)23,25-18(26)29)24-16(27)14-9-6-10-15(11-14)30-2/h3-12H,1-2H3,(H,24,27)(H,25,29)/t12-,19+/m1/s1. The van der Waals surface area contributed by atoms with Gasteiger partial charge in [-0.15, -0.1) is 0 Å². The molecule has 2 aromatic carbocycles. The molecule has 0 unspecified atom stereocenters. The predicted molar refractivity (Wildman–Crippen MR) is 99.5 cm³/mol. The highest BCUT2D eigenvalue weighted by molar-refractivity contribution is 6.10. The van der Waals surface area contributed by atoms with Gasteiger partial charge >= 0.3 is 12.2 Å². The second-order valence-electron chi connectivity index (χ2n) is 6.63. The van der Waals surface area contributed by atoms with Gasteiger partial charge in [0, 0.05) is 5.56 Å². The molecular formula is C20H18F3N3O4. The maximum Gasteiger partial charge on any atom is 0.440 e. The summed E-state index contributed by atoms with van der Waals surface area (Å²) in [7, 11) is 1.33. The van der Waals surface area contributed by atoms with Crippen LogP contribution in [0.3, 0.4) is 0 Å². The molecule has 7 nitrogen and oxygen atoms in total. The molecule has 0 bridgehead atoms. The molecule has 2 aromatic rings. The van der Waals surface area contributed by atoms with E-state index < -0.39 is 35.7 Å². The number of rotatable bonds is 5. The van der Waals surface area contributed by atoms with Crippen molar-refractivity contribution in [3.8, 4) is 5.75 Å². The van der Waals surface area contributed by atoms with Crippen LogP contribution in [-0.2, 0) is 4.79 Å². The number of halogens is 3. The van der Waals surface area contributed by atoms with Crippen molar-refractivity contribution in [1.29, 1.82) is 0 Å². The molecule has 1 aliphatic rings. The van der Waals surface area contributed by atoms with Crippen LogP contribution in [0.15, 0.2) is 54.6 Å². The highest BCUT2D eigenvalue weighted by atomic mass is 19.4. The van der Waals surface area contributed by atoms with Crippen molar-refractivity contribution in [2.24, 2.45) is 0 Å². The summed E-state index contributed by atoms with van der Waals surface area (Å²) in [5, 5.41) is 3.31. The summed E-state index contributed by atoms with van der Waals surface area (Å²) in [6.45, 7) is 1.42. The number of carbonyl (C=O) groups excluding carboxylic acids is 3. The smallest absolute Gasteiger partial charge is 0.440 e. The first kappa shape index (κ1) is 21.2. The Kier molecular flexibility index (Phi) is 5.43. The van der Waals surface area contributed by atoms with Gasteiger partial charge in [-0.3, -0.25) is 19.8 Å². The van der Waals surface area contributed by atoms with Gasteiger partial charge in [-0.05, 0) is 30.7 Å². The zero-order chi connectivity index (χ0) is 22.1. The number of urea groups is 1. The van der Waals surface area contributed by atoms with Gasteiger partial charge < -0.3 is 10.1 Å². The molecule has 0 saturated carbocycles. The Labute approximate surface area is 169 Å². The van der Waals surface area contributed by atoms with Crippen molar-refractivity contribution >= 4 is 17.8 Å². The summed E-state index contributed by atoms with van der Waals surface area (Å²) in [4.78, 5) is 38.3. The van der Waals surface area contributed by atoms with Gasteiger partial charge in [-0.25, -0.2) is 4.79 Å². The number of hydrogen-bond donors (Lipinski definition) is 2. The minimum absolute atomic E-state index is 0.172. The zero-order valence-electron chi connectivity index (χ0n) is 16.0. The van der Waals surface area contributed by atoms with E-state index in [-0.39, 0.29) is 11.3 Å². The molecule has 2 N–H and O–H groups in total. The fourth-order valence-electron chi connectivity index (χ4n) is 3.13. The van der Waals surface area contributed by atoms with Crippen molar-refractivity contribution < 1.29 is 32.3 Å². The lowest BCUT2D eigenvalue weighted by Crippen LogP contribution is -2.69. The number of amides is 4. The van der Waals surface area contributed by atoms with Gasteiger partial charge in [-0.1, -0.05) is 36.4 Å². The summed E-state index contributed by atoms with van der Waals surface area (Å²) in [6, 6.07) is 11.2. The Morgan fingerprint density at radius 3 is 2.40 bits per heavy atom. The first-order valence-electron chi connectivity index (χ1n) is 8.85. The lowest BCUT2D eigenvalue weighted by Gasteiger charge is -2.30. The first-order chi connectivity index (χ1) is 14.1. The molecule has 1 heterocycles. The maximum absolute atomic E-state index is 14.0. The van der Waals surface area contributed by atoms with Gasteiger partial charge in [0.25, 0.3) is 17.5 Å². The fraction of sp³-hybridized carbons (Fsp3) is 0.250. The molecule has 158 valence electrons. The van der Waals surface area contributed by atoms with Gasteiger partial charge in [0.2, 0.25) is 0 Å². The lowest BCUT2D eigenvalue weighted by molar-refractivity contribution is -0.200. The Morgan fingerprint density at radius 2 is 1.80 bits per heavy atom. The number of imide groups is 1. The molecule has 0 aromatic heterocycles. The normalized spacial score (nSPS) is 20.0. The van der Waals surface area contributed by atoms with Crippen molar-refractivity contribution in [1.82, 2.24) is 15.5 Å². The molecule has 4 amide bonds. The van der Waals surface area contributed by atoms with E-state index in [9.17, 15) is 27.6 Å². The molecule has 0 aliphatic carbocycles. The second kappa shape index (κ2) is 7.69. The van der Waals surface area contributed by atoms with E-state index in [2.05, 4.69) is 0 Å². The van der Waals surface area contributed by atoms with Gasteiger partial charge in [0.15, 0.2) is 0 Å². The van der Waals surface area contributed by atoms with E-state index in [1.54, 1.807) is 41.0 Å². The largest absolute Gasteiger partial charge is 0.497 e. The molecular weight excluding hydrogens is 403 g/mol. The van der Waals surface area contributed by atoms with Crippen LogP contribution in [0.5, 0.6) is 5.75 Å².